The number of hydrogen-bond acceptors (Lipinski definition) is 3. The lowest BCUT2D eigenvalue weighted by Crippen LogP contribution is -2.55. The Morgan fingerprint density at radius 2 is 2.00 bits per heavy atom. The first-order valence-corrected chi connectivity index (χ1v) is 5.44. The van der Waals surface area contributed by atoms with Crippen LogP contribution in [-0.2, 0) is 4.79 Å². The number of carbonyl (C=O) groups is 1. The van der Waals surface area contributed by atoms with Crippen LogP contribution in [0.1, 0.15) is 13.8 Å². The smallest absolute Gasteiger partial charge is 0.304 e. The molecule has 4 heteroatoms. The lowest BCUT2D eigenvalue weighted by Gasteiger charge is -2.34. The van der Waals surface area contributed by atoms with E-state index in [-0.39, 0.29) is 16.4 Å². The van der Waals surface area contributed by atoms with Gasteiger partial charge in [0.25, 0.3) is 0 Å². The molecule has 0 N–H and O–H groups in total. The van der Waals surface area contributed by atoms with E-state index < -0.39 is 0 Å². The van der Waals surface area contributed by atoms with Crippen molar-refractivity contribution in [1.82, 2.24) is 4.90 Å². The third-order valence-corrected chi connectivity index (χ3v) is 2.79. The molecule has 4 nitrogen and oxygen atoms in total. The minimum atomic E-state index is -0.0348. The molecule has 0 saturated carbocycles. The van der Waals surface area contributed by atoms with Crippen LogP contribution in [0, 0.1) is 0 Å². The maximum Gasteiger partial charge on any atom is 0.363 e. The Morgan fingerprint density at radius 1 is 1.50 bits per heavy atom. The third-order valence-electron chi connectivity index (χ3n) is 2.79. The number of amides is 1. The number of nitrogens with zero attached hydrogens (tertiary/aromatic N) is 3. The normalized spacial score (nSPS) is 14.4. The topological polar surface area (TPSA) is 32.7 Å². The molecular formula is C12H24N3O+. The largest absolute Gasteiger partial charge is 0.363 e. The number of hydrogen-bond donors (Lipinski definition) is 0. The Hall–Kier alpha value is -1.00. The van der Waals surface area contributed by atoms with Crippen molar-refractivity contribution in [2.75, 3.05) is 34.7 Å². The van der Waals surface area contributed by atoms with Gasteiger partial charge in [0.15, 0.2) is 5.70 Å². The summed E-state index contributed by atoms with van der Waals surface area (Å²) in [5.74, 6) is -0.0348. The molecule has 0 aromatic heterocycles. The van der Waals surface area contributed by atoms with Crippen LogP contribution in [0.5, 0.6) is 0 Å². The summed E-state index contributed by atoms with van der Waals surface area (Å²) >= 11 is 0. The van der Waals surface area contributed by atoms with Crippen molar-refractivity contribution in [1.29, 1.82) is 0 Å². The molecule has 0 aromatic rings. The van der Waals surface area contributed by atoms with E-state index in [9.17, 15) is 4.79 Å². The van der Waals surface area contributed by atoms with E-state index in [2.05, 4.69) is 23.4 Å². The van der Waals surface area contributed by atoms with Crippen molar-refractivity contribution in [3.63, 3.8) is 0 Å². The quantitative estimate of drug-likeness (QED) is 0.400. The van der Waals surface area contributed by atoms with Gasteiger partial charge in [-0.2, -0.15) is 0 Å². The summed E-state index contributed by atoms with van der Waals surface area (Å²) in [6.45, 7) is 8.38. The van der Waals surface area contributed by atoms with Gasteiger partial charge in [-0.15, -0.1) is 0 Å². The average molecular weight is 226 g/mol. The third kappa shape index (κ3) is 3.87. The summed E-state index contributed by atoms with van der Waals surface area (Å²) in [6.07, 6.45) is 1.59. The second kappa shape index (κ2) is 5.92. The van der Waals surface area contributed by atoms with Crippen molar-refractivity contribution in [3.8, 4) is 0 Å². The molecule has 0 aliphatic heterocycles. The molecule has 1 atom stereocenters. The first-order valence-electron chi connectivity index (χ1n) is 5.44. The van der Waals surface area contributed by atoms with Gasteiger partial charge < -0.3 is 4.90 Å². The molecule has 1 unspecified atom stereocenters. The van der Waals surface area contributed by atoms with E-state index in [1.807, 2.05) is 28.2 Å². The van der Waals surface area contributed by atoms with Crippen LogP contribution >= 0.6 is 0 Å². The first-order chi connectivity index (χ1) is 7.23. The van der Waals surface area contributed by atoms with Crippen molar-refractivity contribution >= 4 is 12.1 Å². The molecule has 0 aliphatic carbocycles. The molecular weight excluding hydrogens is 202 g/mol. The highest BCUT2D eigenvalue weighted by Gasteiger charge is 2.34. The Kier molecular flexibility index (Phi) is 5.55. The van der Waals surface area contributed by atoms with Gasteiger partial charge in [0.2, 0.25) is 0 Å². The van der Waals surface area contributed by atoms with Crippen LogP contribution in [0.25, 0.3) is 0 Å². The van der Waals surface area contributed by atoms with Crippen molar-refractivity contribution in [2.24, 2.45) is 4.99 Å². The molecule has 0 saturated heterocycles. The highest BCUT2D eigenvalue weighted by molar-refractivity contribution is 5.88. The zero-order valence-electron chi connectivity index (χ0n) is 11.3. The van der Waals surface area contributed by atoms with Crippen LogP contribution in [0.3, 0.4) is 0 Å². The fourth-order valence-electron chi connectivity index (χ4n) is 1.48. The van der Waals surface area contributed by atoms with E-state index in [4.69, 9.17) is 0 Å². The summed E-state index contributed by atoms with van der Waals surface area (Å²) in [4.78, 5) is 18.1. The summed E-state index contributed by atoms with van der Waals surface area (Å²) in [5, 5.41) is 0. The second-order valence-electron chi connectivity index (χ2n) is 4.79. The van der Waals surface area contributed by atoms with Gasteiger partial charge in [-0.1, -0.05) is 6.58 Å². The molecule has 0 bridgehead atoms. The number of carbonyl (C=O) groups excluding carboxylic acids is 1. The minimum Gasteiger partial charge on any atom is -0.304 e. The maximum absolute atomic E-state index is 12.1. The van der Waals surface area contributed by atoms with E-state index in [1.165, 1.54) is 0 Å². The van der Waals surface area contributed by atoms with Gasteiger partial charge in [-0.3, -0.25) is 9.48 Å². The molecule has 0 fully saturated rings. The first kappa shape index (κ1) is 15.0. The van der Waals surface area contributed by atoms with Gasteiger partial charge >= 0.3 is 5.91 Å². The van der Waals surface area contributed by atoms with Gasteiger partial charge in [0, 0.05) is 6.21 Å². The van der Waals surface area contributed by atoms with E-state index in [0.717, 1.165) is 6.54 Å². The molecule has 0 aliphatic rings. The number of rotatable bonds is 5. The molecule has 0 rings (SSSR count). The SMILES string of the molecule is C=C(/N=C\C)C(=O)[N+](C)(C)C(C)CN(C)C. The lowest BCUT2D eigenvalue weighted by atomic mass is 10.2. The summed E-state index contributed by atoms with van der Waals surface area (Å²) < 4.78 is 0.272. The predicted octanol–water partition coefficient (Wildman–Crippen LogP) is 1.14. The van der Waals surface area contributed by atoms with E-state index >= 15 is 0 Å². The van der Waals surface area contributed by atoms with Gasteiger partial charge in [-0.05, 0) is 27.9 Å². The molecule has 1 amide bonds. The monoisotopic (exact) mass is 226 g/mol. The van der Waals surface area contributed by atoms with Crippen LogP contribution in [-0.4, -0.2) is 62.3 Å². The second-order valence-corrected chi connectivity index (χ2v) is 4.79. The van der Waals surface area contributed by atoms with E-state index in [1.54, 1.807) is 13.1 Å². The number of likely N-dealkylation sites (N-methyl/N-ethyl adjacent to an activating group) is 2. The molecule has 0 aromatic carbocycles. The Balaban J connectivity index is 4.76. The average Bonchev–Trinajstić information content (AvgIpc) is 2.15. The fraction of sp³-hybridized carbons (Fsp3) is 0.667. The van der Waals surface area contributed by atoms with Gasteiger partial charge in [-0.25, -0.2) is 4.79 Å². The van der Waals surface area contributed by atoms with Crippen LogP contribution in [0.4, 0.5) is 0 Å². The van der Waals surface area contributed by atoms with Crippen molar-refractivity contribution in [3.05, 3.63) is 12.3 Å². The number of quaternary nitrogens is 1. The highest BCUT2D eigenvalue weighted by Crippen LogP contribution is 2.13. The van der Waals surface area contributed by atoms with Crippen LogP contribution in [0.2, 0.25) is 0 Å². The molecule has 0 spiro atoms. The van der Waals surface area contributed by atoms with Gasteiger partial charge in [0.1, 0.15) is 6.04 Å². The summed E-state index contributed by atoms with van der Waals surface area (Å²) in [7, 11) is 7.79. The Labute approximate surface area is 98.9 Å². The number of aliphatic imine (C=N–C) groups is 1. The van der Waals surface area contributed by atoms with E-state index in [0.29, 0.717) is 5.70 Å². The van der Waals surface area contributed by atoms with Crippen molar-refractivity contribution in [2.45, 2.75) is 19.9 Å². The molecule has 0 radical (unpaired) electrons. The van der Waals surface area contributed by atoms with Gasteiger partial charge in [0.05, 0.1) is 20.6 Å². The highest BCUT2D eigenvalue weighted by atomic mass is 16.2. The summed E-state index contributed by atoms with van der Waals surface area (Å²) in [6, 6.07) is 0.200. The summed E-state index contributed by atoms with van der Waals surface area (Å²) in [5.41, 5.74) is 0.318. The Morgan fingerprint density at radius 3 is 2.38 bits per heavy atom. The Bertz CT molecular complexity index is 293. The van der Waals surface area contributed by atoms with Crippen LogP contribution < -0.4 is 0 Å². The standard InChI is InChI=1S/C12H24N3O/c1-8-13-11(3)12(16)15(6,7)10(2)9-14(4)5/h8,10H,3,9H2,1-2,4-7H3/q+1/b13-8-. The van der Waals surface area contributed by atoms with Crippen molar-refractivity contribution < 1.29 is 9.28 Å². The zero-order valence-corrected chi connectivity index (χ0v) is 11.3. The zero-order chi connectivity index (χ0) is 12.9. The predicted molar refractivity (Wildman–Crippen MR) is 68.4 cm³/mol. The molecule has 92 valence electrons. The molecule has 16 heavy (non-hydrogen) atoms. The maximum atomic E-state index is 12.1. The minimum absolute atomic E-state index is 0.0348. The lowest BCUT2D eigenvalue weighted by molar-refractivity contribution is -0.836. The fourth-order valence-corrected chi connectivity index (χ4v) is 1.48. The van der Waals surface area contributed by atoms with Crippen LogP contribution in [0.15, 0.2) is 17.3 Å². The molecule has 0 heterocycles.